The zero-order valence-corrected chi connectivity index (χ0v) is 23.9. The second-order valence-corrected chi connectivity index (χ2v) is 17.9. The first kappa shape index (κ1) is 25.4. The molecule has 1 aliphatic carbocycles. The lowest BCUT2D eigenvalue weighted by molar-refractivity contribution is 0.527. The quantitative estimate of drug-likeness (QED) is 0.259. The normalized spacial score (nSPS) is 16.0. The first-order valence-corrected chi connectivity index (χ1v) is 16.4. The number of hydrogen-bond acceptors (Lipinski definition) is 0. The molecule has 0 atom stereocenters. The van der Waals surface area contributed by atoms with Crippen molar-refractivity contribution in [3.8, 4) is 0 Å². The summed E-state index contributed by atoms with van der Waals surface area (Å²) in [5.41, 5.74) is 10.9. The molecule has 0 aliphatic heterocycles. The molecule has 0 N–H and O–H groups in total. The predicted molar refractivity (Wildman–Crippen MR) is 158 cm³/mol. The summed E-state index contributed by atoms with van der Waals surface area (Å²) in [6, 6.07) is 25.1. The Kier molecular flexibility index (Phi) is 6.62. The topological polar surface area (TPSA) is 0 Å². The fraction of sp³-hybridized carbons (Fsp3) is 0.324. The van der Waals surface area contributed by atoms with Gasteiger partial charge in [-0.05, 0) is 74.8 Å². The summed E-state index contributed by atoms with van der Waals surface area (Å²) in [5.74, 6) is 0. The van der Waals surface area contributed by atoms with Gasteiger partial charge in [-0.15, -0.1) is 0 Å². The molecule has 0 saturated carbocycles. The van der Waals surface area contributed by atoms with Crippen LogP contribution in [0, 0.1) is 6.92 Å². The molecule has 0 fully saturated rings. The van der Waals surface area contributed by atoms with Crippen LogP contribution in [-0.4, -0.2) is 8.07 Å². The van der Waals surface area contributed by atoms with Crippen LogP contribution in [0.5, 0.6) is 0 Å². The lowest BCUT2D eigenvalue weighted by Crippen LogP contribution is -2.23. The van der Waals surface area contributed by atoms with E-state index >= 15 is 0 Å². The van der Waals surface area contributed by atoms with Crippen molar-refractivity contribution in [2.24, 2.45) is 0 Å². The van der Waals surface area contributed by atoms with Gasteiger partial charge in [-0.25, -0.2) is 0 Å². The van der Waals surface area contributed by atoms with Crippen LogP contribution in [0.1, 0.15) is 80.0 Å². The highest BCUT2D eigenvalue weighted by Gasteiger charge is 2.29. The molecule has 0 unspecified atom stereocenters. The van der Waals surface area contributed by atoms with Crippen LogP contribution in [0.4, 0.5) is 0 Å². The molecule has 181 valence electrons. The number of hydrogen-bond donors (Lipinski definition) is 0. The average molecular weight is 478 g/mol. The lowest BCUT2D eigenvalue weighted by Gasteiger charge is -2.33. The Morgan fingerprint density at radius 1 is 0.886 bits per heavy atom. The van der Waals surface area contributed by atoms with Crippen molar-refractivity contribution in [3.63, 3.8) is 0 Å². The SMILES string of the molecule is [CH2]c1ccc(/C(=C/c2ccc3c(c2)C(c2ccc(C(C)(C)C)cc2)=CCC3(C)C)[Si](C)(C)C)cc1. The van der Waals surface area contributed by atoms with Gasteiger partial charge in [0.1, 0.15) is 0 Å². The summed E-state index contributed by atoms with van der Waals surface area (Å²) in [6.07, 6.45) is 5.95. The van der Waals surface area contributed by atoms with Crippen molar-refractivity contribution in [2.75, 3.05) is 0 Å². The molecule has 3 aromatic rings. The molecule has 1 radical (unpaired) electrons. The number of fused-ring (bicyclic) bond motifs is 1. The van der Waals surface area contributed by atoms with Gasteiger partial charge in [-0.3, -0.25) is 0 Å². The van der Waals surface area contributed by atoms with E-state index < -0.39 is 8.07 Å². The maximum Gasteiger partial charge on any atom is 0.0784 e. The second-order valence-electron chi connectivity index (χ2n) is 12.8. The van der Waals surface area contributed by atoms with E-state index in [4.69, 9.17) is 0 Å². The highest BCUT2D eigenvalue weighted by molar-refractivity contribution is 6.94. The summed E-state index contributed by atoms with van der Waals surface area (Å²) < 4.78 is 0. The van der Waals surface area contributed by atoms with Gasteiger partial charge in [0.2, 0.25) is 0 Å². The van der Waals surface area contributed by atoms with Crippen LogP contribution in [0.15, 0.2) is 72.8 Å². The molecule has 35 heavy (non-hydrogen) atoms. The van der Waals surface area contributed by atoms with Crippen LogP contribution < -0.4 is 0 Å². The van der Waals surface area contributed by atoms with Crippen molar-refractivity contribution < 1.29 is 0 Å². The molecule has 0 saturated heterocycles. The van der Waals surface area contributed by atoms with E-state index in [1.807, 2.05) is 0 Å². The minimum Gasteiger partial charge on any atom is -0.0752 e. The molecular weight excluding hydrogens is 436 g/mol. The molecule has 0 amide bonds. The molecule has 0 nitrogen and oxygen atoms in total. The van der Waals surface area contributed by atoms with E-state index in [0.29, 0.717) is 0 Å². The van der Waals surface area contributed by atoms with Crippen LogP contribution in [-0.2, 0) is 10.8 Å². The first-order valence-electron chi connectivity index (χ1n) is 12.9. The van der Waals surface area contributed by atoms with Gasteiger partial charge in [-0.1, -0.05) is 132 Å². The fourth-order valence-electron chi connectivity index (χ4n) is 5.05. The Hall–Kier alpha value is -2.64. The van der Waals surface area contributed by atoms with Crippen LogP contribution in [0.25, 0.3) is 16.8 Å². The van der Waals surface area contributed by atoms with E-state index in [9.17, 15) is 0 Å². The lowest BCUT2D eigenvalue weighted by atomic mass is 9.71. The zero-order valence-electron chi connectivity index (χ0n) is 22.9. The molecule has 1 heteroatoms. The number of benzene rings is 3. The highest BCUT2D eigenvalue weighted by Crippen LogP contribution is 2.42. The minimum absolute atomic E-state index is 0.137. The molecular formula is C34H41Si. The third-order valence-corrected chi connectivity index (χ3v) is 9.37. The summed E-state index contributed by atoms with van der Waals surface area (Å²) in [6.45, 7) is 22.9. The van der Waals surface area contributed by atoms with E-state index in [1.165, 1.54) is 44.2 Å². The Morgan fingerprint density at radius 3 is 2.09 bits per heavy atom. The third kappa shape index (κ3) is 5.46. The molecule has 3 aromatic carbocycles. The van der Waals surface area contributed by atoms with Gasteiger partial charge in [0.15, 0.2) is 0 Å². The molecule has 0 bridgehead atoms. The summed E-state index contributed by atoms with van der Waals surface area (Å²) >= 11 is 0. The first-order chi connectivity index (χ1) is 16.3. The molecule has 0 spiro atoms. The van der Waals surface area contributed by atoms with E-state index in [2.05, 4.69) is 140 Å². The van der Waals surface area contributed by atoms with Crippen LogP contribution in [0.3, 0.4) is 0 Å². The van der Waals surface area contributed by atoms with Crippen LogP contribution in [0.2, 0.25) is 19.6 Å². The van der Waals surface area contributed by atoms with Crippen molar-refractivity contribution in [2.45, 2.75) is 71.5 Å². The monoisotopic (exact) mass is 477 g/mol. The van der Waals surface area contributed by atoms with Gasteiger partial charge >= 0.3 is 0 Å². The number of allylic oxidation sites excluding steroid dienone is 1. The standard InChI is InChI=1S/C34H41Si/c1-24-10-13-27(14-11-24)32(35(7,8)9)23-25-12-19-31-30(22-25)29(20-21-34(31,5)6)26-15-17-28(18-16-26)33(2,3)4/h10-20,22-23H,1,21H2,2-9H3/b32-23-. The number of rotatable bonds is 4. The third-order valence-electron chi connectivity index (χ3n) is 7.33. The van der Waals surface area contributed by atoms with Gasteiger partial charge < -0.3 is 0 Å². The molecule has 1 aliphatic rings. The summed E-state index contributed by atoms with van der Waals surface area (Å²) in [5, 5.41) is 1.48. The van der Waals surface area contributed by atoms with Crippen LogP contribution >= 0.6 is 0 Å². The van der Waals surface area contributed by atoms with E-state index in [-0.39, 0.29) is 10.8 Å². The van der Waals surface area contributed by atoms with Crippen molar-refractivity contribution in [1.29, 1.82) is 0 Å². The predicted octanol–water partition coefficient (Wildman–Crippen LogP) is 9.70. The van der Waals surface area contributed by atoms with Gasteiger partial charge in [0.25, 0.3) is 0 Å². The maximum absolute atomic E-state index is 4.07. The molecule has 0 heterocycles. The Morgan fingerprint density at radius 2 is 1.51 bits per heavy atom. The Labute approximate surface area is 214 Å². The smallest absolute Gasteiger partial charge is 0.0752 e. The van der Waals surface area contributed by atoms with Gasteiger partial charge in [-0.2, -0.15) is 0 Å². The minimum atomic E-state index is -1.57. The van der Waals surface area contributed by atoms with Gasteiger partial charge in [0, 0.05) is 0 Å². The highest BCUT2D eigenvalue weighted by atomic mass is 28.3. The van der Waals surface area contributed by atoms with E-state index in [0.717, 1.165) is 12.0 Å². The molecule has 0 aromatic heterocycles. The second kappa shape index (κ2) is 9.10. The van der Waals surface area contributed by atoms with Crippen molar-refractivity contribution in [3.05, 3.63) is 119 Å². The fourth-order valence-corrected chi connectivity index (χ4v) is 6.68. The van der Waals surface area contributed by atoms with Gasteiger partial charge in [0.05, 0.1) is 8.07 Å². The van der Waals surface area contributed by atoms with E-state index in [1.54, 1.807) is 0 Å². The molecule has 4 rings (SSSR count). The Bertz CT molecular complexity index is 1270. The summed E-state index contributed by atoms with van der Waals surface area (Å²) in [4.78, 5) is 0. The largest absolute Gasteiger partial charge is 0.0784 e. The van der Waals surface area contributed by atoms with Crippen molar-refractivity contribution in [1.82, 2.24) is 0 Å². The maximum atomic E-state index is 4.07. The zero-order chi connectivity index (χ0) is 25.6. The summed E-state index contributed by atoms with van der Waals surface area (Å²) in [7, 11) is -1.57. The average Bonchev–Trinajstić information content (AvgIpc) is 2.77. The van der Waals surface area contributed by atoms with Crippen molar-refractivity contribution >= 4 is 24.9 Å². The Balaban J connectivity index is 1.82.